The lowest BCUT2D eigenvalue weighted by Crippen LogP contribution is -2.36. The summed E-state index contributed by atoms with van der Waals surface area (Å²) in [5.41, 5.74) is 4.89. The molecule has 2 aromatic heterocycles. The number of H-pyrrole nitrogens is 1. The maximum Gasteiger partial charge on any atom is 0.219 e. The van der Waals surface area contributed by atoms with Crippen LogP contribution in [0.15, 0.2) is 18.5 Å². The summed E-state index contributed by atoms with van der Waals surface area (Å²) in [7, 11) is 0. The molecule has 1 aliphatic heterocycles. The molecule has 1 aliphatic rings. The third-order valence-corrected chi connectivity index (χ3v) is 5.64. The minimum atomic E-state index is 0. The highest BCUT2D eigenvalue weighted by Gasteiger charge is 2.29. The number of nitrogens with zero attached hydrogens (tertiary/aromatic N) is 3. The fourth-order valence-electron chi connectivity index (χ4n) is 3.72. The van der Waals surface area contributed by atoms with E-state index in [1.54, 1.807) is 13.1 Å². The molecule has 27 heavy (non-hydrogen) atoms. The number of nitrogens with one attached hydrogen (secondary N) is 2. The van der Waals surface area contributed by atoms with E-state index in [4.69, 9.17) is 23.2 Å². The summed E-state index contributed by atoms with van der Waals surface area (Å²) in [6.07, 6.45) is 3.65. The van der Waals surface area contributed by atoms with E-state index in [1.807, 2.05) is 24.1 Å². The summed E-state index contributed by atoms with van der Waals surface area (Å²) >= 11 is 13.0. The Morgan fingerprint density at radius 2 is 2.15 bits per heavy atom. The minimum absolute atomic E-state index is 0. The van der Waals surface area contributed by atoms with Crippen molar-refractivity contribution in [2.75, 3.05) is 18.4 Å². The van der Waals surface area contributed by atoms with Crippen LogP contribution in [-0.2, 0) is 17.9 Å². The molecule has 6 nitrogen and oxygen atoms in total. The smallest absolute Gasteiger partial charge is 0.219 e. The van der Waals surface area contributed by atoms with Crippen LogP contribution in [0.2, 0.25) is 10.0 Å². The highest BCUT2D eigenvalue weighted by atomic mass is 35.5. The largest absolute Gasteiger partial charge is 0.385 e. The first kappa shape index (κ1) is 19.9. The predicted octanol–water partition coefficient (Wildman–Crippen LogP) is 4.55. The van der Waals surface area contributed by atoms with E-state index in [-0.39, 0.29) is 18.3 Å². The van der Waals surface area contributed by atoms with Crippen molar-refractivity contribution < 1.29 is 4.79 Å². The molecule has 0 atom stereocenters. The maximum absolute atomic E-state index is 12.0. The fourth-order valence-corrected chi connectivity index (χ4v) is 4.17. The van der Waals surface area contributed by atoms with Gasteiger partial charge in [-0.2, -0.15) is 5.10 Å². The molecule has 0 aliphatic carbocycles. The number of benzene rings is 1. The Balaban J connectivity index is 0.00000210. The normalized spacial score (nSPS) is 13.4. The van der Waals surface area contributed by atoms with Crippen molar-refractivity contribution in [1.82, 2.24) is 19.7 Å². The molecule has 4 rings (SSSR count). The van der Waals surface area contributed by atoms with E-state index in [2.05, 4.69) is 20.1 Å². The molecule has 0 fully saturated rings. The summed E-state index contributed by atoms with van der Waals surface area (Å²) < 4.78 is 2.19. The second kappa shape index (κ2) is 7.62. The lowest BCUT2D eigenvalue weighted by atomic mass is 10.0. The first-order valence-corrected chi connectivity index (χ1v) is 9.30. The summed E-state index contributed by atoms with van der Waals surface area (Å²) in [4.78, 5) is 13.8. The number of rotatable bonds is 3. The third kappa shape index (κ3) is 3.16. The quantitative estimate of drug-likeness (QED) is 0.643. The van der Waals surface area contributed by atoms with Crippen LogP contribution in [-0.4, -0.2) is 38.7 Å². The predicted molar refractivity (Wildman–Crippen MR) is 112 cm³/mol. The Morgan fingerprint density at radius 3 is 2.78 bits per heavy atom. The lowest BCUT2D eigenvalue weighted by molar-refractivity contribution is -0.130. The maximum atomic E-state index is 12.0. The number of carbonyl (C=O) groups excluding carboxylic acids is 1. The zero-order valence-corrected chi connectivity index (χ0v) is 17.3. The lowest BCUT2D eigenvalue weighted by Gasteiger charge is -2.29. The van der Waals surface area contributed by atoms with Crippen molar-refractivity contribution in [2.45, 2.75) is 26.9 Å². The highest BCUT2D eigenvalue weighted by Crippen LogP contribution is 2.46. The Morgan fingerprint density at radius 1 is 1.37 bits per heavy atom. The SMILES string of the molecule is CCNc1cc(Cl)c(Cl)c2c1c(-c1cn[nH]c1)c1n2CCN(C(C)=O)C1.Cl. The average molecular weight is 429 g/mol. The highest BCUT2D eigenvalue weighted by molar-refractivity contribution is 6.46. The van der Waals surface area contributed by atoms with Crippen molar-refractivity contribution in [1.29, 1.82) is 0 Å². The van der Waals surface area contributed by atoms with Gasteiger partial charge in [0.1, 0.15) is 0 Å². The molecule has 3 heterocycles. The van der Waals surface area contributed by atoms with E-state index in [9.17, 15) is 4.79 Å². The Labute approximate surface area is 173 Å². The van der Waals surface area contributed by atoms with Crippen LogP contribution < -0.4 is 5.32 Å². The van der Waals surface area contributed by atoms with Crippen LogP contribution in [0, 0.1) is 0 Å². The third-order valence-electron chi connectivity index (χ3n) is 4.86. The summed E-state index contributed by atoms with van der Waals surface area (Å²) in [5.74, 6) is 0.0654. The fraction of sp³-hybridized carbons (Fsp3) is 0.333. The molecule has 1 aromatic carbocycles. The minimum Gasteiger partial charge on any atom is -0.385 e. The molecule has 9 heteroatoms. The summed E-state index contributed by atoms with van der Waals surface area (Å²) in [6.45, 7) is 6.26. The molecule has 0 saturated heterocycles. The molecule has 0 saturated carbocycles. The second-order valence-electron chi connectivity index (χ2n) is 6.37. The van der Waals surface area contributed by atoms with Gasteiger partial charge in [-0.1, -0.05) is 23.2 Å². The average Bonchev–Trinajstić information content (AvgIpc) is 3.24. The van der Waals surface area contributed by atoms with Crippen LogP contribution in [0.3, 0.4) is 0 Å². The van der Waals surface area contributed by atoms with E-state index in [0.29, 0.717) is 29.7 Å². The monoisotopic (exact) mass is 427 g/mol. The van der Waals surface area contributed by atoms with Crippen LogP contribution in [0.4, 0.5) is 5.69 Å². The topological polar surface area (TPSA) is 66.0 Å². The van der Waals surface area contributed by atoms with Crippen molar-refractivity contribution in [3.63, 3.8) is 0 Å². The second-order valence-corrected chi connectivity index (χ2v) is 7.16. The van der Waals surface area contributed by atoms with E-state index in [0.717, 1.165) is 40.0 Å². The van der Waals surface area contributed by atoms with E-state index >= 15 is 0 Å². The summed E-state index contributed by atoms with van der Waals surface area (Å²) in [5, 5.41) is 12.5. The van der Waals surface area contributed by atoms with Crippen LogP contribution >= 0.6 is 35.6 Å². The molecule has 0 unspecified atom stereocenters. The molecule has 2 N–H and O–H groups in total. The number of aromatic amines is 1. The first-order valence-electron chi connectivity index (χ1n) is 8.54. The first-order chi connectivity index (χ1) is 12.5. The molecular formula is C18H20Cl3N5O. The van der Waals surface area contributed by atoms with Crippen molar-refractivity contribution in [3.05, 3.63) is 34.2 Å². The number of anilines is 1. The Hall–Kier alpha value is -1.89. The van der Waals surface area contributed by atoms with Gasteiger partial charge in [-0.3, -0.25) is 9.89 Å². The molecule has 0 radical (unpaired) electrons. The van der Waals surface area contributed by atoms with E-state index in [1.165, 1.54) is 0 Å². The van der Waals surface area contributed by atoms with Gasteiger partial charge >= 0.3 is 0 Å². The number of fused-ring (bicyclic) bond motifs is 3. The van der Waals surface area contributed by atoms with Crippen LogP contribution in [0.25, 0.3) is 22.0 Å². The Bertz CT molecular complexity index is 997. The number of aromatic nitrogens is 3. The molecular weight excluding hydrogens is 409 g/mol. The molecule has 0 spiro atoms. The number of hydrogen-bond acceptors (Lipinski definition) is 3. The number of halogens is 3. The molecule has 144 valence electrons. The molecule has 1 amide bonds. The van der Waals surface area contributed by atoms with Gasteiger partial charge in [0.05, 0.1) is 28.3 Å². The van der Waals surface area contributed by atoms with Gasteiger partial charge in [0.15, 0.2) is 0 Å². The standard InChI is InChI=1S/C18H19Cl2N5O.ClH/c1-3-21-13-6-12(19)17(20)18-16(13)15(11-7-22-23-8-11)14-9-24(10(2)26)4-5-25(14)18;/h6-8,21H,3-5,9H2,1-2H3,(H,22,23);1H. The van der Waals surface area contributed by atoms with Crippen molar-refractivity contribution in [3.8, 4) is 11.1 Å². The van der Waals surface area contributed by atoms with Gasteiger partial charge < -0.3 is 14.8 Å². The van der Waals surface area contributed by atoms with Gasteiger partial charge in [-0.05, 0) is 13.0 Å². The Kier molecular flexibility index (Phi) is 5.60. The zero-order chi connectivity index (χ0) is 18.4. The van der Waals surface area contributed by atoms with Crippen molar-refractivity contribution in [2.24, 2.45) is 0 Å². The number of hydrogen-bond donors (Lipinski definition) is 2. The number of amides is 1. The van der Waals surface area contributed by atoms with Gasteiger partial charge in [0.2, 0.25) is 5.91 Å². The van der Waals surface area contributed by atoms with Gasteiger partial charge in [-0.25, -0.2) is 0 Å². The van der Waals surface area contributed by atoms with Crippen LogP contribution in [0.5, 0.6) is 0 Å². The van der Waals surface area contributed by atoms with Gasteiger partial charge in [-0.15, -0.1) is 12.4 Å². The van der Waals surface area contributed by atoms with Crippen molar-refractivity contribution >= 4 is 58.1 Å². The van der Waals surface area contributed by atoms with E-state index < -0.39 is 0 Å². The molecule has 0 bridgehead atoms. The summed E-state index contributed by atoms with van der Waals surface area (Å²) in [6, 6.07) is 1.87. The van der Waals surface area contributed by atoms with Gasteiger partial charge in [0.25, 0.3) is 0 Å². The molecule has 3 aromatic rings. The van der Waals surface area contributed by atoms with Gasteiger partial charge in [0, 0.05) is 60.6 Å². The van der Waals surface area contributed by atoms with Crippen LogP contribution in [0.1, 0.15) is 19.5 Å². The zero-order valence-electron chi connectivity index (χ0n) is 15.0. The number of carbonyl (C=O) groups is 1.